The third-order valence-electron chi connectivity index (χ3n) is 3.27. The van der Waals surface area contributed by atoms with E-state index >= 15 is 0 Å². The summed E-state index contributed by atoms with van der Waals surface area (Å²) in [7, 11) is -4.78. The van der Waals surface area contributed by atoms with Gasteiger partial charge in [-0.2, -0.15) is 0 Å². The molecule has 124 valence electrons. The van der Waals surface area contributed by atoms with Crippen molar-refractivity contribution in [2.75, 3.05) is 6.61 Å². The van der Waals surface area contributed by atoms with Crippen LogP contribution in [0.4, 0.5) is 0 Å². The van der Waals surface area contributed by atoms with Crippen LogP contribution in [-0.4, -0.2) is 54.0 Å². The molecular weight excluding hydrogens is 323 g/mol. The Morgan fingerprint density at radius 1 is 1.50 bits per heavy atom. The van der Waals surface area contributed by atoms with E-state index in [-0.39, 0.29) is 0 Å². The van der Waals surface area contributed by atoms with Crippen LogP contribution in [-0.2, 0) is 13.8 Å². The molecule has 1 aromatic heterocycles. The lowest BCUT2D eigenvalue weighted by Crippen LogP contribution is -2.46. The van der Waals surface area contributed by atoms with Gasteiger partial charge in [0.25, 0.3) is 5.56 Å². The number of ether oxygens (including phenoxy) is 1. The Morgan fingerprint density at radius 3 is 2.68 bits per heavy atom. The van der Waals surface area contributed by atoms with E-state index in [9.17, 15) is 24.4 Å². The summed E-state index contributed by atoms with van der Waals surface area (Å²) < 4.78 is 21.0. The molecule has 2 unspecified atom stereocenters. The number of aromatic nitrogens is 2. The number of nitrogens with one attached hydrogen (secondary N) is 1. The zero-order valence-corrected chi connectivity index (χ0v) is 12.2. The molecule has 1 aromatic rings. The molecule has 0 radical (unpaired) electrons. The number of nitrogens with zero attached hydrogens (tertiary/aromatic N) is 1. The van der Waals surface area contributed by atoms with E-state index in [0.717, 1.165) is 16.8 Å². The molecule has 0 amide bonds. The predicted octanol–water partition coefficient (Wildman–Crippen LogP) is -2.34. The van der Waals surface area contributed by atoms with Gasteiger partial charge < -0.3 is 24.7 Å². The summed E-state index contributed by atoms with van der Waals surface area (Å²) in [4.78, 5) is 42.0. The monoisotopic (exact) mass is 338 g/mol. The largest absolute Gasteiger partial charge is 0.469 e. The zero-order chi connectivity index (χ0) is 16.7. The van der Waals surface area contributed by atoms with Gasteiger partial charge in [0.1, 0.15) is 17.8 Å². The molecular formula is C10H15N2O9P. The van der Waals surface area contributed by atoms with Crippen LogP contribution in [0.15, 0.2) is 21.9 Å². The Balaban J connectivity index is 2.28. The lowest BCUT2D eigenvalue weighted by molar-refractivity contribution is -0.0986. The fourth-order valence-electron chi connectivity index (χ4n) is 2.16. The molecule has 0 spiro atoms. The highest BCUT2D eigenvalue weighted by Crippen LogP contribution is 2.41. The van der Waals surface area contributed by atoms with Crippen molar-refractivity contribution in [3.63, 3.8) is 0 Å². The van der Waals surface area contributed by atoms with Crippen LogP contribution in [0.3, 0.4) is 0 Å². The van der Waals surface area contributed by atoms with Gasteiger partial charge in [0, 0.05) is 12.3 Å². The number of aliphatic hydroxyl groups excluding tert-OH is 1. The number of H-pyrrole nitrogens is 1. The molecule has 1 aliphatic rings. The fourth-order valence-corrected chi connectivity index (χ4v) is 2.50. The molecule has 5 N–H and O–H groups in total. The van der Waals surface area contributed by atoms with Gasteiger partial charge in [-0.15, -0.1) is 0 Å². The Labute approximate surface area is 123 Å². The lowest BCUT2D eigenvalue weighted by atomic mass is 9.96. The highest BCUT2D eigenvalue weighted by Gasteiger charge is 2.53. The van der Waals surface area contributed by atoms with Gasteiger partial charge in [-0.25, -0.2) is 9.36 Å². The summed E-state index contributed by atoms with van der Waals surface area (Å²) in [5.41, 5.74) is -3.48. The molecule has 1 saturated heterocycles. The second-order valence-corrected chi connectivity index (χ2v) is 6.24. The molecule has 1 aliphatic heterocycles. The molecule has 0 aliphatic carbocycles. The standard InChI is InChI=1S/C10H15N2O9P/c1-10(16)7(14)5(4-20-22(17,18)19)21-8(10)12-3-2-6(13)11-9(12)15/h2-3,5,7-8,14,16H,4H2,1H3,(H,11,13,15)(H2,17,18,19)/t5?,7-,8+,10?/m0/s1. The van der Waals surface area contributed by atoms with Gasteiger partial charge in [0.05, 0.1) is 6.61 Å². The maximum absolute atomic E-state index is 11.7. The van der Waals surface area contributed by atoms with Gasteiger partial charge in [-0.3, -0.25) is 18.9 Å². The van der Waals surface area contributed by atoms with Crippen molar-refractivity contribution >= 4 is 7.82 Å². The third-order valence-corrected chi connectivity index (χ3v) is 3.75. The molecule has 11 nitrogen and oxygen atoms in total. The first kappa shape index (κ1) is 17.0. The summed E-state index contributed by atoms with van der Waals surface area (Å²) in [6, 6.07) is 1.02. The van der Waals surface area contributed by atoms with Crippen LogP contribution in [0.25, 0.3) is 0 Å². The summed E-state index contributed by atoms with van der Waals surface area (Å²) >= 11 is 0. The van der Waals surface area contributed by atoms with Gasteiger partial charge in [0.2, 0.25) is 0 Å². The molecule has 0 saturated carbocycles. The minimum atomic E-state index is -4.78. The number of hydrogen-bond acceptors (Lipinski definition) is 7. The quantitative estimate of drug-likeness (QED) is 0.377. The van der Waals surface area contributed by atoms with Crippen molar-refractivity contribution in [2.45, 2.75) is 31.0 Å². The van der Waals surface area contributed by atoms with E-state index in [4.69, 9.17) is 14.5 Å². The average molecular weight is 338 g/mol. The Kier molecular flexibility index (Phi) is 4.42. The van der Waals surface area contributed by atoms with E-state index in [1.165, 1.54) is 6.92 Å². The molecule has 12 heteroatoms. The second-order valence-electron chi connectivity index (χ2n) is 5.00. The van der Waals surface area contributed by atoms with Crippen molar-refractivity contribution < 1.29 is 33.8 Å². The predicted molar refractivity (Wildman–Crippen MR) is 69.9 cm³/mol. The van der Waals surface area contributed by atoms with Gasteiger partial charge in [0.15, 0.2) is 6.23 Å². The smallest absolute Gasteiger partial charge is 0.387 e. The molecule has 22 heavy (non-hydrogen) atoms. The number of phosphoric acid groups is 1. The minimum absolute atomic E-state index is 0.652. The second kappa shape index (κ2) is 5.70. The van der Waals surface area contributed by atoms with Gasteiger partial charge in [-0.1, -0.05) is 0 Å². The number of aliphatic hydroxyl groups is 2. The summed E-state index contributed by atoms with van der Waals surface area (Å²) in [5.74, 6) is 0. The van der Waals surface area contributed by atoms with Gasteiger partial charge >= 0.3 is 13.5 Å². The number of rotatable bonds is 4. The lowest BCUT2D eigenvalue weighted by Gasteiger charge is -2.27. The van der Waals surface area contributed by atoms with Crippen LogP contribution in [0.1, 0.15) is 13.2 Å². The summed E-state index contributed by atoms with van der Waals surface area (Å²) in [5, 5.41) is 20.3. The van der Waals surface area contributed by atoms with Crippen LogP contribution in [0.2, 0.25) is 0 Å². The van der Waals surface area contributed by atoms with Crippen molar-refractivity contribution in [3.05, 3.63) is 33.1 Å². The highest BCUT2D eigenvalue weighted by atomic mass is 31.2. The van der Waals surface area contributed by atoms with Crippen molar-refractivity contribution in [1.82, 2.24) is 9.55 Å². The number of phosphoric ester groups is 1. The van der Waals surface area contributed by atoms with Crippen LogP contribution in [0.5, 0.6) is 0 Å². The molecule has 4 atom stereocenters. The Morgan fingerprint density at radius 2 is 2.14 bits per heavy atom. The summed E-state index contributed by atoms with van der Waals surface area (Å²) in [6.45, 7) is 0.480. The first-order valence-corrected chi connectivity index (χ1v) is 7.63. The van der Waals surface area contributed by atoms with E-state index in [1.54, 1.807) is 0 Å². The van der Waals surface area contributed by atoms with Gasteiger partial charge in [-0.05, 0) is 6.92 Å². The SMILES string of the molecule is CC1(O)[C@@H](O)C(COP(=O)(O)O)O[C@H]1n1ccc(=O)[nH]c1=O. The fraction of sp³-hybridized carbons (Fsp3) is 0.600. The normalized spacial score (nSPS) is 32.3. The Hall–Kier alpha value is -1.33. The minimum Gasteiger partial charge on any atom is -0.387 e. The molecule has 2 rings (SSSR count). The van der Waals surface area contributed by atoms with Crippen molar-refractivity contribution in [1.29, 1.82) is 0 Å². The number of hydrogen-bond donors (Lipinski definition) is 5. The molecule has 0 bridgehead atoms. The maximum atomic E-state index is 11.7. The van der Waals surface area contributed by atoms with Crippen molar-refractivity contribution in [3.8, 4) is 0 Å². The average Bonchev–Trinajstić information content (AvgIpc) is 2.59. The first-order valence-electron chi connectivity index (χ1n) is 6.10. The van der Waals surface area contributed by atoms with E-state index in [2.05, 4.69) is 4.52 Å². The highest BCUT2D eigenvalue weighted by molar-refractivity contribution is 7.46. The van der Waals surface area contributed by atoms with Crippen LogP contribution in [0, 0.1) is 0 Å². The summed E-state index contributed by atoms with van der Waals surface area (Å²) in [6.07, 6.45) is -3.18. The molecule has 2 heterocycles. The number of aromatic amines is 1. The first-order chi connectivity index (χ1) is 10.0. The van der Waals surface area contributed by atoms with E-state index < -0.39 is 49.7 Å². The molecule has 1 fully saturated rings. The zero-order valence-electron chi connectivity index (χ0n) is 11.3. The molecule has 0 aromatic carbocycles. The van der Waals surface area contributed by atoms with Crippen molar-refractivity contribution in [2.24, 2.45) is 0 Å². The van der Waals surface area contributed by atoms with E-state index in [0.29, 0.717) is 0 Å². The Bertz CT molecular complexity index is 705. The topological polar surface area (TPSA) is 171 Å². The van der Waals surface area contributed by atoms with Crippen LogP contribution < -0.4 is 11.2 Å². The maximum Gasteiger partial charge on any atom is 0.469 e. The van der Waals surface area contributed by atoms with Crippen LogP contribution >= 0.6 is 7.82 Å². The third kappa shape index (κ3) is 3.36. The van der Waals surface area contributed by atoms with E-state index in [1.807, 2.05) is 4.98 Å².